The van der Waals surface area contributed by atoms with Crippen LogP contribution in [-0.4, -0.2) is 39.0 Å². The van der Waals surface area contributed by atoms with Crippen LogP contribution in [0.25, 0.3) is 5.69 Å². The fraction of sp³-hybridized carbons (Fsp3) is 0.424. The number of amides is 3. The van der Waals surface area contributed by atoms with Gasteiger partial charge in [-0.25, -0.2) is 14.3 Å². The molecule has 0 fully saturated rings. The summed E-state index contributed by atoms with van der Waals surface area (Å²) in [5.74, 6) is 0.905. The maximum absolute atomic E-state index is 13.1. The molecule has 4 rings (SSSR count). The Bertz CT molecular complexity index is 1420. The first-order valence-electron chi connectivity index (χ1n) is 14.2. The second kappa shape index (κ2) is 11.8. The third-order valence-corrected chi connectivity index (χ3v) is 7.01. The minimum absolute atomic E-state index is 0.174. The maximum atomic E-state index is 13.1. The number of nitrogens with one attached hydrogen (secondary N) is 2. The first kappa shape index (κ1) is 29.9. The molecule has 1 atom stereocenters. The van der Waals surface area contributed by atoms with E-state index in [1.807, 2.05) is 82.4 Å². The number of rotatable bonds is 5. The molecule has 0 radical (unpaired) electrons. The Labute approximate surface area is 243 Å². The highest BCUT2D eigenvalue weighted by molar-refractivity contribution is 5.99. The molecule has 8 heteroatoms. The fourth-order valence-corrected chi connectivity index (χ4v) is 4.72. The summed E-state index contributed by atoms with van der Waals surface area (Å²) in [6, 6.07) is 17.5. The molecule has 2 heterocycles. The van der Waals surface area contributed by atoms with Crippen LogP contribution in [0.15, 0.2) is 66.4 Å². The highest BCUT2D eigenvalue weighted by Gasteiger charge is 2.26. The highest BCUT2D eigenvalue weighted by Crippen LogP contribution is 2.29. The number of nitrogens with zero attached hydrogens (tertiary/aromatic N) is 3. The van der Waals surface area contributed by atoms with Crippen molar-refractivity contribution in [1.29, 1.82) is 0 Å². The van der Waals surface area contributed by atoms with Crippen molar-refractivity contribution in [3.05, 3.63) is 83.2 Å². The number of allylic oxidation sites excluding steroid dienone is 1. The molecule has 41 heavy (non-hydrogen) atoms. The van der Waals surface area contributed by atoms with Gasteiger partial charge in [0, 0.05) is 29.9 Å². The van der Waals surface area contributed by atoms with Gasteiger partial charge in [-0.05, 0) is 83.2 Å². The quantitative estimate of drug-likeness (QED) is 0.335. The SMILES string of the molecule is CC1=CN(C(=O)OC(C)(C)C)CCC1Cc1cccc(NC(=O)Nc2cc(C(C)(C)C)nn2-c2ccc(C)cc2)c1. The van der Waals surface area contributed by atoms with Crippen molar-refractivity contribution < 1.29 is 14.3 Å². The molecule has 3 aromatic rings. The Morgan fingerprint density at radius 1 is 0.976 bits per heavy atom. The lowest BCUT2D eigenvalue weighted by molar-refractivity contribution is 0.0315. The van der Waals surface area contributed by atoms with E-state index in [2.05, 4.69) is 44.4 Å². The van der Waals surface area contributed by atoms with Crippen molar-refractivity contribution in [2.45, 2.75) is 79.2 Å². The van der Waals surface area contributed by atoms with Crippen LogP contribution in [0.5, 0.6) is 0 Å². The van der Waals surface area contributed by atoms with Crippen molar-refractivity contribution >= 4 is 23.6 Å². The largest absolute Gasteiger partial charge is 0.443 e. The number of hydrogen-bond acceptors (Lipinski definition) is 4. The molecular weight excluding hydrogens is 514 g/mol. The number of ether oxygens (including phenoxy) is 1. The van der Waals surface area contributed by atoms with E-state index < -0.39 is 5.60 Å². The maximum Gasteiger partial charge on any atom is 0.414 e. The molecular formula is C33H43N5O3. The molecule has 1 aliphatic heterocycles. The monoisotopic (exact) mass is 557 g/mol. The molecule has 0 spiro atoms. The summed E-state index contributed by atoms with van der Waals surface area (Å²) >= 11 is 0. The Morgan fingerprint density at radius 3 is 2.32 bits per heavy atom. The van der Waals surface area contributed by atoms with Gasteiger partial charge < -0.3 is 10.1 Å². The normalized spacial score (nSPS) is 15.8. The van der Waals surface area contributed by atoms with Crippen LogP contribution in [0.3, 0.4) is 0 Å². The van der Waals surface area contributed by atoms with Crippen LogP contribution < -0.4 is 10.6 Å². The second-order valence-electron chi connectivity index (χ2n) is 12.9. The van der Waals surface area contributed by atoms with E-state index in [1.54, 1.807) is 9.58 Å². The summed E-state index contributed by atoms with van der Waals surface area (Å²) in [4.78, 5) is 27.2. The average Bonchev–Trinajstić information content (AvgIpc) is 3.29. The minimum atomic E-state index is -0.523. The molecule has 0 bridgehead atoms. The van der Waals surface area contributed by atoms with E-state index in [9.17, 15) is 9.59 Å². The fourth-order valence-electron chi connectivity index (χ4n) is 4.72. The summed E-state index contributed by atoms with van der Waals surface area (Å²) in [5, 5.41) is 10.8. The number of aryl methyl sites for hydroxylation is 1. The zero-order valence-corrected chi connectivity index (χ0v) is 25.5. The van der Waals surface area contributed by atoms with Gasteiger partial charge in [0.1, 0.15) is 11.4 Å². The van der Waals surface area contributed by atoms with E-state index in [0.29, 0.717) is 24.0 Å². The second-order valence-corrected chi connectivity index (χ2v) is 12.9. The van der Waals surface area contributed by atoms with Crippen molar-refractivity contribution in [2.75, 3.05) is 17.2 Å². The van der Waals surface area contributed by atoms with Crippen LogP contribution >= 0.6 is 0 Å². The van der Waals surface area contributed by atoms with Crippen molar-refractivity contribution in [3.63, 3.8) is 0 Å². The first-order chi connectivity index (χ1) is 19.2. The van der Waals surface area contributed by atoms with E-state index in [1.165, 1.54) is 0 Å². The van der Waals surface area contributed by atoms with Crippen LogP contribution in [0.2, 0.25) is 0 Å². The zero-order valence-electron chi connectivity index (χ0n) is 25.5. The van der Waals surface area contributed by atoms with Crippen molar-refractivity contribution in [2.24, 2.45) is 5.92 Å². The molecule has 8 nitrogen and oxygen atoms in total. The topological polar surface area (TPSA) is 88.5 Å². The molecule has 0 saturated carbocycles. The number of hydrogen-bond donors (Lipinski definition) is 2. The Hall–Kier alpha value is -4.07. The van der Waals surface area contributed by atoms with Gasteiger partial charge in [0.15, 0.2) is 0 Å². The molecule has 218 valence electrons. The van der Waals surface area contributed by atoms with E-state index >= 15 is 0 Å². The zero-order chi connectivity index (χ0) is 29.9. The van der Waals surface area contributed by atoms with E-state index in [0.717, 1.165) is 40.9 Å². The summed E-state index contributed by atoms with van der Waals surface area (Å²) in [6.45, 7) is 16.6. The van der Waals surface area contributed by atoms with Gasteiger partial charge in [-0.15, -0.1) is 0 Å². The standard InChI is InChI=1S/C33H43N5O3/c1-22-12-14-27(15-13-22)38-29(20-28(36-38)32(3,4)5)35-30(39)34-26-11-9-10-24(19-26)18-25-16-17-37(21-23(25)2)31(40)41-33(6,7)8/h9-15,19-21,25H,16-18H2,1-8H3,(H2,34,35,39). The molecule has 1 aromatic heterocycles. The molecule has 1 unspecified atom stereocenters. The Morgan fingerprint density at radius 2 is 1.68 bits per heavy atom. The van der Waals surface area contributed by atoms with Crippen molar-refractivity contribution in [1.82, 2.24) is 14.7 Å². The Kier molecular flexibility index (Phi) is 8.61. The van der Waals surface area contributed by atoms with Gasteiger partial charge in [0.25, 0.3) is 0 Å². The molecule has 2 N–H and O–H groups in total. The number of carbonyl (C=O) groups excluding carboxylic acids is 2. The van der Waals surface area contributed by atoms with E-state index in [-0.39, 0.29) is 17.5 Å². The molecule has 3 amide bonds. The molecule has 2 aromatic carbocycles. The third kappa shape index (κ3) is 7.99. The average molecular weight is 558 g/mol. The van der Waals surface area contributed by atoms with Crippen LogP contribution in [-0.2, 0) is 16.6 Å². The number of anilines is 2. The molecule has 1 aliphatic rings. The highest BCUT2D eigenvalue weighted by atomic mass is 16.6. The van der Waals surface area contributed by atoms with Crippen LogP contribution in [0.1, 0.15) is 71.7 Å². The van der Waals surface area contributed by atoms with Gasteiger partial charge in [0.05, 0.1) is 11.4 Å². The van der Waals surface area contributed by atoms with Crippen molar-refractivity contribution in [3.8, 4) is 5.69 Å². The van der Waals surface area contributed by atoms with Crippen LogP contribution in [0.4, 0.5) is 21.1 Å². The van der Waals surface area contributed by atoms with Gasteiger partial charge in [-0.3, -0.25) is 10.2 Å². The lowest BCUT2D eigenvalue weighted by Gasteiger charge is -2.31. The first-order valence-corrected chi connectivity index (χ1v) is 14.2. The number of carbonyl (C=O) groups is 2. The number of urea groups is 1. The smallest absolute Gasteiger partial charge is 0.414 e. The third-order valence-electron chi connectivity index (χ3n) is 7.01. The summed E-state index contributed by atoms with van der Waals surface area (Å²) in [6.07, 6.45) is 3.25. The van der Waals surface area contributed by atoms with Crippen LogP contribution in [0, 0.1) is 12.8 Å². The summed E-state index contributed by atoms with van der Waals surface area (Å²) < 4.78 is 7.29. The van der Waals surface area contributed by atoms with Gasteiger partial charge in [-0.2, -0.15) is 5.10 Å². The lowest BCUT2D eigenvalue weighted by Crippen LogP contribution is -2.37. The predicted molar refractivity (Wildman–Crippen MR) is 165 cm³/mol. The Balaban J connectivity index is 1.43. The van der Waals surface area contributed by atoms with Gasteiger partial charge in [0.2, 0.25) is 0 Å². The summed E-state index contributed by atoms with van der Waals surface area (Å²) in [7, 11) is 0. The van der Waals surface area contributed by atoms with Gasteiger partial charge in [-0.1, -0.05) is 56.2 Å². The van der Waals surface area contributed by atoms with E-state index in [4.69, 9.17) is 9.84 Å². The minimum Gasteiger partial charge on any atom is -0.443 e. The van der Waals surface area contributed by atoms with Gasteiger partial charge >= 0.3 is 12.1 Å². The molecule has 0 aliphatic carbocycles. The predicted octanol–water partition coefficient (Wildman–Crippen LogP) is 7.83. The lowest BCUT2D eigenvalue weighted by atomic mass is 9.88. The summed E-state index contributed by atoms with van der Waals surface area (Å²) in [5.41, 5.74) is 5.19. The number of benzene rings is 2. The molecule has 0 saturated heterocycles. The number of aromatic nitrogens is 2.